The third kappa shape index (κ3) is 4.26. The highest BCUT2D eigenvalue weighted by atomic mass is 32.1. The number of benzene rings is 1. The van der Waals surface area contributed by atoms with E-state index < -0.39 is 23.6 Å². The third-order valence-corrected chi connectivity index (χ3v) is 4.76. The van der Waals surface area contributed by atoms with Crippen LogP contribution in [0.2, 0.25) is 0 Å². The van der Waals surface area contributed by atoms with Gasteiger partial charge in [0.1, 0.15) is 11.5 Å². The summed E-state index contributed by atoms with van der Waals surface area (Å²) in [6.45, 7) is 2.01. The summed E-state index contributed by atoms with van der Waals surface area (Å²) in [5, 5.41) is 6.77. The molecule has 31 heavy (non-hydrogen) atoms. The summed E-state index contributed by atoms with van der Waals surface area (Å²) in [6.07, 6.45) is -1.64. The lowest BCUT2D eigenvalue weighted by Gasteiger charge is -2.32. The average molecular weight is 449 g/mol. The smallest absolute Gasteiger partial charge is 0.306 e. The summed E-state index contributed by atoms with van der Waals surface area (Å²) >= 11 is 0. The van der Waals surface area contributed by atoms with Crippen LogP contribution in [0.25, 0.3) is 0 Å². The Labute approximate surface area is 182 Å². The molecule has 4 rings (SSSR count). The van der Waals surface area contributed by atoms with Crippen molar-refractivity contribution in [3.05, 3.63) is 71.7 Å². The number of alkyl halides is 3. The Balaban J connectivity index is 0.00000272. The zero-order valence-electron chi connectivity index (χ0n) is 16.2. The number of carbonyl (C=O) groups is 2. The number of fused-ring (bicyclic) bond motifs is 1. The summed E-state index contributed by atoms with van der Waals surface area (Å²) in [5.41, 5.74) is -0.358. The summed E-state index contributed by atoms with van der Waals surface area (Å²) in [4.78, 5) is 31.2. The molecule has 0 radical (unpaired) electrons. The van der Waals surface area contributed by atoms with Gasteiger partial charge in [-0.05, 0) is 43.3 Å². The van der Waals surface area contributed by atoms with Crippen molar-refractivity contribution in [3.8, 4) is 0 Å². The molecular formula is C20H18F3N5O2S. The Morgan fingerprint density at radius 1 is 1.16 bits per heavy atom. The highest BCUT2D eigenvalue weighted by molar-refractivity contribution is 7.59. The summed E-state index contributed by atoms with van der Waals surface area (Å²) in [5.74, 6) is -0.750. The Hall–Kier alpha value is -3.34. The molecule has 3 heterocycles. The molecule has 0 saturated heterocycles. The lowest BCUT2D eigenvalue weighted by molar-refractivity contribution is -0.137. The molecule has 3 aromatic rings. The van der Waals surface area contributed by atoms with Gasteiger partial charge in [-0.2, -0.15) is 31.8 Å². The molecular weight excluding hydrogens is 431 g/mol. The number of anilines is 2. The van der Waals surface area contributed by atoms with E-state index >= 15 is 0 Å². The van der Waals surface area contributed by atoms with E-state index in [1.54, 1.807) is 25.1 Å². The van der Waals surface area contributed by atoms with Crippen LogP contribution in [0.4, 0.5) is 24.7 Å². The number of rotatable bonds is 3. The van der Waals surface area contributed by atoms with E-state index in [4.69, 9.17) is 0 Å². The number of amides is 2. The van der Waals surface area contributed by atoms with Gasteiger partial charge in [-0.15, -0.1) is 0 Å². The number of carbonyl (C=O) groups excluding carboxylic acids is 2. The van der Waals surface area contributed by atoms with Gasteiger partial charge >= 0.3 is 6.18 Å². The zero-order valence-corrected chi connectivity index (χ0v) is 17.2. The van der Waals surface area contributed by atoms with Crippen LogP contribution in [0.3, 0.4) is 0 Å². The number of halogens is 3. The van der Waals surface area contributed by atoms with Gasteiger partial charge in [0.05, 0.1) is 23.4 Å². The van der Waals surface area contributed by atoms with Crippen LogP contribution in [0.5, 0.6) is 0 Å². The van der Waals surface area contributed by atoms with Crippen LogP contribution in [-0.4, -0.2) is 33.1 Å². The van der Waals surface area contributed by atoms with Crippen LogP contribution >= 0.6 is 13.5 Å². The van der Waals surface area contributed by atoms with Gasteiger partial charge in [-0.25, -0.2) is 4.98 Å². The Bertz CT molecular complexity index is 1100. The number of hydrogen-bond donors (Lipinski definition) is 1. The number of aromatic nitrogens is 3. The fraction of sp³-hybridized carbons (Fsp3) is 0.200. The van der Waals surface area contributed by atoms with Gasteiger partial charge in [0.15, 0.2) is 0 Å². The molecule has 1 aromatic carbocycles. The molecule has 2 aromatic heterocycles. The third-order valence-electron chi connectivity index (χ3n) is 4.76. The molecule has 1 N–H and O–H groups in total. The fourth-order valence-corrected chi connectivity index (χ4v) is 3.30. The Kier molecular flexibility index (Phi) is 6.07. The molecule has 0 spiro atoms. The van der Waals surface area contributed by atoms with Crippen LogP contribution in [0.15, 0.2) is 54.9 Å². The van der Waals surface area contributed by atoms with E-state index in [0.717, 1.165) is 12.1 Å². The minimum Gasteiger partial charge on any atom is -0.306 e. The molecule has 0 unspecified atom stereocenters. The van der Waals surface area contributed by atoms with Crippen molar-refractivity contribution in [2.75, 3.05) is 16.8 Å². The van der Waals surface area contributed by atoms with Crippen molar-refractivity contribution in [2.24, 2.45) is 0 Å². The molecule has 7 nitrogen and oxygen atoms in total. The number of pyridine rings is 1. The largest absolute Gasteiger partial charge is 0.416 e. The minimum atomic E-state index is -4.47. The lowest BCUT2D eigenvalue weighted by atomic mass is 10.1. The first-order chi connectivity index (χ1) is 14.3. The first-order valence-corrected chi connectivity index (χ1v) is 9.04. The molecule has 1 aliphatic heterocycles. The van der Waals surface area contributed by atoms with Gasteiger partial charge in [-0.3, -0.25) is 14.3 Å². The molecule has 2 amide bonds. The van der Waals surface area contributed by atoms with Crippen LogP contribution in [-0.2, 0) is 6.18 Å². The van der Waals surface area contributed by atoms with E-state index in [1.807, 2.05) is 0 Å². The van der Waals surface area contributed by atoms with Crippen molar-refractivity contribution in [2.45, 2.75) is 19.1 Å². The quantitative estimate of drug-likeness (QED) is 0.658. The highest BCUT2D eigenvalue weighted by Crippen LogP contribution is 2.32. The van der Waals surface area contributed by atoms with Crippen molar-refractivity contribution in [1.29, 1.82) is 0 Å². The average Bonchev–Trinajstić information content (AvgIpc) is 3.17. The monoisotopic (exact) mass is 449 g/mol. The van der Waals surface area contributed by atoms with E-state index in [0.29, 0.717) is 11.5 Å². The maximum atomic E-state index is 13.1. The Morgan fingerprint density at radius 3 is 2.48 bits per heavy atom. The molecule has 1 atom stereocenters. The maximum absolute atomic E-state index is 13.1. The number of nitrogens with one attached hydrogen (secondary N) is 1. The molecule has 0 bridgehead atoms. The van der Waals surface area contributed by atoms with Crippen LogP contribution < -0.4 is 10.2 Å². The van der Waals surface area contributed by atoms with Crippen LogP contribution in [0.1, 0.15) is 39.4 Å². The predicted molar refractivity (Wildman–Crippen MR) is 113 cm³/mol. The summed E-state index contributed by atoms with van der Waals surface area (Å²) in [6, 6.07) is 9.06. The second-order valence-electron chi connectivity index (χ2n) is 6.83. The van der Waals surface area contributed by atoms with Gasteiger partial charge in [0.25, 0.3) is 11.8 Å². The van der Waals surface area contributed by atoms with Crippen molar-refractivity contribution >= 4 is 36.8 Å². The van der Waals surface area contributed by atoms with E-state index in [-0.39, 0.29) is 37.3 Å². The second-order valence-corrected chi connectivity index (χ2v) is 6.83. The Morgan fingerprint density at radius 2 is 1.87 bits per heavy atom. The van der Waals surface area contributed by atoms with Gasteiger partial charge in [0, 0.05) is 18.4 Å². The van der Waals surface area contributed by atoms with Gasteiger partial charge in [0.2, 0.25) is 0 Å². The fourth-order valence-electron chi connectivity index (χ4n) is 3.30. The zero-order chi connectivity index (χ0) is 21.5. The molecule has 0 saturated carbocycles. The van der Waals surface area contributed by atoms with Crippen molar-refractivity contribution in [3.63, 3.8) is 0 Å². The van der Waals surface area contributed by atoms with Gasteiger partial charge in [-0.1, -0.05) is 6.07 Å². The number of nitrogens with zero attached hydrogens (tertiary/aromatic N) is 4. The number of hydrogen-bond acceptors (Lipinski definition) is 4. The van der Waals surface area contributed by atoms with E-state index in [2.05, 4.69) is 15.4 Å². The van der Waals surface area contributed by atoms with E-state index in [1.165, 1.54) is 34.1 Å². The second kappa shape index (κ2) is 8.42. The molecule has 0 fully saturated rings. The lowest BCUT2D eigenvalue weighted by Crippen LogP contribution is -2.43. The van der Waals surface area contributed by atoms with Crippen molar-refractivity contribution < 1.29 is 22.8 Å². The molecule has 11 heteroatoms. The first-order valence-electron chi connectivity index (χ1n) is 9.04. The predicted octanol–water partition coefficient (Wildman–Crippen LogP) is 3.88. The molecule has 0 aliphatic carbocycles. The van der Waals surface area contributed by atoms with Gasteiger partial charge < -0.3 is 10.2 Å². The standard InChI is InChI=1S/C20H16F3N5O2.H2S/c1-12-11-27(14-7-5-13(6-8-14)20(21,22)23)19(30)17-15(10-25-28(12)17)18(29)26-16-4-2-3-9-24-16;/h2-10,12H,11H2,1H3,(H,24,26,29);1H2/t12-;/m0./s1. The molecule has 162 valence electrons. The molecule has 1 aliphatic rings. The summed E-state index contributed by atoms with van der Waals surface area (Å²) in [7, 11) is 0. The van der Waals surface area contributed by atoms with Crippen molar-refractivity contribution in [1.82, 2.24) is 14.8 Å². The minimum absolute atomic E-state index is 0. The van der Waals surface area contributed by atoms with E-state index in [9.17, 15) is 22.8 Å². The first kappa shape index (κ1) is 22.3. The normalized spacial score (nSPS) is 15.8. The maximum Gasteiger partial charge on any atom is 0.416 e. The SMILES string of the molecule is C[C@H]1CN(c2ccc(C(F)(F)F)cc2)C(=O)c2c(C(=O)Nc3ccccn3)cnn21.S. The van der Waals surface area contributed by atoms with Crippen LogP contribution in [0, 0.1) is 0 Å². The highest BCUT2D eigenvalue weighted by Gasteiger charge is 2.36. The summed E-state index contributed by atoms with van der Waals surface area (Å²) < 4.78 is 40.0. The topological polar surface area (TPSA) is 80.1 Å².